The molecule has 0 aromatic carbocycles. The van der Waals surface area contributed by atoms with E-state index >= 15 is 0 Å². The maximum Gasteiger partial charge on any atom is 0.289 e. The van der Waals surface area contributed by atoms with Crippen LogP contribution >= 0.6 is 11.6 Å². The fourth-order valence-electron chi connectivity index (χ4n) is 1.96. The Morgan fingerprint density at radius 3 is 2.69 bits per heavy atom. The van der Waals surface area contributed by atoms with Gasteiger partial charge in [-0.3, -0.25) is 4.79 Å². The second-order valence-corrected chi connectivity index (χ2v) is 4.33. The van der Waals surface area contributed by atoms with Crippen molar-refractivity contribution in [2.45, 2.75) is 18.9 Å². The summed E-state index contributed by atoms with van der Waals surface area (Å²) in [6.07, 6.45) is 1.97. The predicted octanol–water partition coefficient (Wildman–Crippen LogP) is 1.76. The van der Waals surface area contributed by atoms with E-state index in [2.05, 4.69) is 5.32 Å². The van der Waals surface area contributed by atoms with Gasteiger partial charge in [0.2, 0.25) is 0 Å². The summed E-state index contributed by atoms with van der Waals surface area (Å²) in [6.45, 7) is 1.53. The number of rotatable bonds is 2. The standard InChI is InChI=1S/C11H15ClN2O2/c1-13-8-4-6-14(7-5-8)11(15)9-2-3-10(12)16-9/h2-3,8,13H,4-7H2,1H3. The molecule has 5 heteroatoms. The number of likely N-dealkylation sites (tertiary alicyclic amines) is 1. The van der Waals surface area contributed by atoms with Crippen LogP contribution in [-0.4, -0.2) is 37.0 Å². The molecule has 1 aliphatic rings. The maximum absolute atomic E-state index is 12.0. The Labute approximate surface area is 99.5 Å². The van der Waals surface area contributed by atoms with Crippen LogP contribution in [0.1, 0.15) is 23.4 Å². The fraction of sp³-hybridized carbons (Fsp3) is 0.545. The Kier molecular flexibility index (Phi) is 3.51. The largest absolute Gasteiger partial charge is 0.440 e. The summed E-state index contributed by atoms with van der Waals surface area (Å²) >= 11 is 5.64. The van der Waals surface area contributed by atoms with E-state index in [0.29, 0.717) is 11.8 Å². The van der Waals surface area contributed by atoms with Crippen LogP contribution in [0, 0.1) is 0 Å². The smallest absolute Gasteiger partial charge is 0.289 e. The molecule has 2 heterocycles. The monoisotopic (exact) mass is 242 g/mol. The molecule has 0 aliphatic carbocycles. The van der Waals surface area contributed by atoms with Crippen molar-refractivity contribution < 1.29 is 9.21 Å². The van der Waals surface area contributed by atoms with E-state index in [4.69, 9.17) is 16.0 Å². The summed E-state index contributed by atoms with van der Waals surface area (Å²) < 4.78 is 5.11. The highest BCUT2D eigenvalue weighted by Gasteiger charge is 2.24. The summed E-state index contributed by atoms with van der Waals surface area (Å²) in [7, 11) is 1.95. The number of hydrogen-bond acceptors (Lipinski definition) is 3. The second-order valence-electron chi connectivity index (χ2n) is 3.96. The number of furan rings is 1. The molecule has 1 aromatic heterocycles. The van der Waals surface area contributed by atoms with Crippen molar-refractivity contribution in [1.29, 1.82) is 0 Å². The van der Waals surface area contributed by atoms with Gasteiger partial charge in [-0.05, 0) is 43.6 Å². The lowest BCUT2D eigenvalue weighted by atomic mass is 10.1. The van der Waals surface area contributed by atoms with Crippen molar-refractivity contribution in [2.75, 3.05) is 20.1 Å². The van der Waals surface area contributed by atoms with Gasteiger partial charge in [0.05, 0.1) is 0 Å². The molecule has 88 valence electrons. The SMILES string of the molecule is CNC1CCN(C(=O)c2ccc(Cl)o2)CC1. The quantitative estimate of drug-likeness (QED) is 0.860. The third-order valence-electron chi connectivity index (χ3n) is 2.97. The number of amides is 1. The Bertz CT molecular complexity index is 370. The third kappa shape index (κ3) is 2.39. The molecule has 1 aliphatic heterocycles. The van der Waals surface area contributed by atoms with Crippen LogP contribution in [0.3, 0.4) is 0 Å². The summed E-state index contributed by atoms with van der Waals surface area (Å²) in [5.41, 5.74) is 0. The number of nitrogens with one attached hydrogen (secondary N) is 1. The predicted molar refractivity (Wildman–Crippen MR) is 61.7 cm³/mol. The summed E-state index contributed by atoms with van der Waals surface area (Å²) in [6, 6.07) is 3.73. The van der Waals surface area contributed by atoms with Crippen LogP contribution < -0.4 is 5.32 Å². The van der Waals surface area contributed by atoms with E-state index in [1.54, 1.807) is 12.1 Å². The zero-order valence-electron chi connectivity index (χ0n) is 9.20. The van der Waals surface area contributed by atoms with Crippen LogP contribution in [0.2, 0.25) is 5.22 Å². The molecule has 1 aromatic rings. The van der Waals surface area contributed by atoms with E-state index in [1.165, 1.54) is 0 Å². The second kappa shape index (κ2) is 4.89. The Hall–Kier alpha value is -1.00. The summed E-state index contributed by atoms with van der Waals surface area (Å²) in [5, 5.41) is 3.48. The van der Waals surface area contributed by atoms with Crippen LogP contribution in [0.5, 0.6) is 0 Å². The zero-order valence-corrected chi connectivity index (χ0v) is 9.96. The molecule has 2 rings (SSSR count). The minimum Gasteiger partial charge on any atom is -0.440 e. The van der Waals surface area contributed by atoms with Gasteiger partial charge in [-0.2, -0.15) is 0 Å². The van der Waals surface area contributed by atoms with Crippen molar-refractivity contribution >= 4 is 17.5 Å². The minimum atomic E-state index is -0.0681. The molecule has 4 nitrogen and oxygen atoms in total. The van der Waals surface area contributed by atoms with Gasteiger partial charge in [-0.15, -0.1) is 0 Å². The van der Waals surface area contributed by atoms with Gasteiger partial charge in [0, 0.05) is 19.1 Å². The minimum absolute atomic E-state index is 0.0681. The first kappa shape index (κ1) is 11.5. The van der Waals surface area contributed by atoms with Crippen molar-refractivity contribution in [3.05, 3.63) is 23.1 Å². The number of carbonyl (C=O) groups excluding carboxylic acids is 1. The van der Waals surface area contributed by atoms with Gasteiger partial charge in [0.25, 0.3) is 5.91 Å². The van der Waals surface area contributed by atoms with Crippen LogP contribution in [-0.2, 0) is 0 Å². The molecule has 1 N–H and O–H groups in total. The van der Waals surface area contributed by atoms with Gasteiger partial charge < -0.3 is 14.6 Å². The maximum atomic E-state index is 12.0. The van der Waals surface area contributed by atoms with Gasteiger partial charge >= 0.3 is 0 Å². The molecule has 1 saturated heterocycles. The van der Waals surface area contributed by atoms with Crippen LogP contribution in [0.25, 0.3) is 0 Å². The number of carbonyl (C=O) groups is 1. The summed E-state index contributed by atoms with van der Waals surface area (Å²) in [4.78, 5) is 13.8. The molecule has 0 atom stereocenters. The molecular weight excluding hydrogens is 228 g/mol. The van der Waals surface area contributed by atoms with Crippen LogP contribution in [0.15, 0.2) is 16.5 Å². The zero-order chi connectivity index (χ0) is 11.5. The number of piperidine rings is 1. The van der Waals surface area contributed by atoms with Gasteiger partial charge in [0.15, 0.2) is 11.0 Å². The van der Waals surface area contributed by atoms with Gasteiger partial charge in [-0.1, -0.05) is 0 Å². The van der Waals surface area contributed by atoms with Crippen molar-refractivity contribution in [3.8, 4) is 0 Å². The average Bonchev–Trinajstić information content (AvgIpc) is 2.75. The Morgan fingerprint density at radius 1 is 1.50 bits per heavy atom. The average molecular weight is 243 g/mol. The highest BCUT2D eigenvalue weighted by Crippen LogP contribution is 2.17. The van der Waals surface area contributed by atoms with Crippen molar-refractivity contribution in [2.24, 2.45) is 0 Å². The number of nitrogens with zero attached hydrogens (tertiary/aromatic N) is 1. The van der Waals surface area contributed by atoms with Gasteiger partial charge in [-0.25, -0.2) is 0 Å². The molecule has 1 amide bonds. The molecule has 0 spiro atoms. The molecule has 0 unspecified atom stereocenters. The topological polar surface area (TPSA) is 45.5 Å². The van der Waals surface area contributed by atoms with Crippen molar-refractivity contribution in [3.63, 3.8) is 0 Å². The molecule has 1 fully saturated rings. The molecule has 16 heavy (non-hydrogen) atoms. The Balaban J connectivity index is 1.96. The molecular formula is C11H15ClN2O2. The number of hydrogen-bond donors (Lipinski definition) is 1. The van der Waals surface area contributed by atoms with Crippen molar-refractivity contribution in [1.82, 2.24) is 10.2 Å². The lowest BCUT2D eigenvalue weighted by Crippen LogP contribution is -2.43. The van der Waals surface area contributed by atoms with E-state index < -0.39 is 0 Å². The molecule has 0 saturated carbocycles. The first-order valence-electron chi connectivity index (χ1n) is 5.42. The van der Waals surface area contributed by atoms with E-state index in [9.17, 15) is 4.79 Å². The summed E-state index contributed by atoms with van der Waals surface area (Å²) in [5.74, 6) is 0.259. The third-order valence-corrected chi connectivity index (χ3v) is 3.18. The van der Waals surface area contributed by atoms with E-state index in [1.807, 2.05) is 11.9 Å². The highest BCUT2D eigenvalue weighted by atomic mass is 35.5. The fourth-order valence-corrected chi connectivity index (χ4v) is 2.10. The van der Waals surface area contributed by atoms with Crippen LogP contribution in [0.4, 0.5) is 0 Å². The van der Waals surface area contributed by atoms with E-state index in [0.717, 1.165) is 25.9 Å². The van der Waals surface area contributed by atoms with Gasteiger partial charge in [0.1, 0.15) is 0 Å². The lowest BCUT2D eigenvalue weighted by Gasteiger charge is -2.31. The Morgan fingerprint density at radius 2 is 2.19 bits per heavy atom. The highest BCUT2D eigenvalue weighted by molar-refractivity contribution is 6.29. The first-order chi connectivity index (χ1) is 7.70. The lowest BCUT2D eigenvalue weighted by molar-refractivity contribution is 0.0675. The molecule has 0 radical (unpaired) electrons. The molecule has 0 bridgehead atoms. The normalized spacial score (nSPS) is 17.8. The first-order valence-corrected chi connectivity index (χ1v) is 5.80. The number of halogens is 1. The van der Waals surface area contributed by atoms with E-state index in [-0.39, 0.29) is 11.1 Å².